The van der Waals surface area contributed by atoms with Gasteiger partial charge in [-0.2, -0.15) is 0 Å². The Morgan fingerprint density at radius 1 is 0.864 bits per heavy atom. The Balaban J connectivity index is 3.57. The molecule has 0 saturated heterocycles. The number of nitrogens with two attached hydrogens (primary N) is 2. The highest BCUT2D eigenvalue weighted by Crippen LogP contribution is 2.23. The van der Waals surface area contributed by atoms with Gasteiger partial charge in [0.2, 0.25) is 0 Å². The number of hydrogen-bond donors (Lipinski definition) is 2. The van der Waals surface area contributed by atoms with Crippen molar-refractivity contribution in [3.05, 3.63) is 0 Å². The van der Waals surface area contributed by atoms with Crippen LogP contribution in [0.1, 0.15) is 79.1 Å². The summed E-state index contributed by atoms with van der Waals surface area (Å²) >= 11 is 0. The minimum absolute atomic E-state index is 0.246. The van der Waals surface area contributed by atoms with Gasteiger partial charge in [-0.3, -0.25) is 0 Å². The smallest absolute Gasteiger partial charge is 0.0491 e. The van der Waals surface area contributed by atoms with Gasteiger partial charge in [-0.1, -0.05) is 47.0 Å². The molecule has 0 aromatic heterocycles. The van der Waals surface area contributed by atoms with E-state index in [1.54, 1.807) is 0 Å². The van der Waals surface area contributed by atoms with Crippen molar-refractivity contribution in [1.82, 2.24) is 0 Å². The highest BCUT2D eigenvalue weighted by atomic mass is 16.5. The molecule has 22 heavy (non-hydrogen) atoms. The molecule has 0 aromatic rings. The molecule has 0 aliphatic rings. The first-order chi connectivity index (χ1) is 10.5. The average molecular weight is 315 g/mol. The van der Waals surface area contributed by atoms with Crippen LogP contribution in [0.3, 0.4) is 0 Å². The molecule has 0 radical (unpaired) electrons. The van der Waals surface area contributed by atoms with Crippen LogP contribution in [0, 0.1) is 17.8 Å². The highest BCUT2D eigenvalue weighted by Gasteiger charge is 2.12. The van der Waals surface area contributed by atoms with Gasteiger partial charge in [0.25, 0.3) is 0 Å². The lowest BCUT2D eigenvalue weighted by molar-refractivity contribution is 0.0913. The van der Waals surface area contributed by atoms with Crippen LogP contribution in [-0.2, 0) is 4.74 Å². The molecular weight excluding hydrogens is 272 g/mol. The number of hydrogen-bond acceptors (Lipinski definition) is 3. The molecule has 4 unspecified atom stereocenters. The van der Waals surface area contributed by atoms with E-state index in [9.17, 15) is 0 Å². The van der Waals surface area contributed by atoms with Crippen molar-refractivity contribution >= 4 is 0 Å². The van der Waals surface area contributed by atoms with Gasteiger partial charge in [0, 0.05) is 19.3 Å². The van der Waals surface area contributed by atoms with Crippen molar-refractivity contribution < 1.29 is 4.74 Å². The minimum atomic E-state index is 0.246. The second-order valence-corrected chi connectivity index (χ2v) is 7.48. The maximum atomic E-state index is 5.94. The van der Waals surface area contributed by atoms with E-state index in [0.29, 0.717) is 12.5 Å². The van der Waals surface area contributed by atoms with Crippen molar-refractivity contribution in [2.24, 2.45) is 29.2 Å². The Morgan fingerprint density at radius 2 is 1.55 bits per heavy atom. The topological polar surface area (TPSA) is 61.3 Å². The molecule has 4 N–H and O–H groups in total. The molecule has 3 nitrogen and oxygen atoms in total. The molecule has 0 spiro atoms. The fraction of sp³-hybridized carbons (Fsp3) is 1.00. The SMILES string of the molecule is CCCCC(C)CC(C)CC(C)COCCCC(N)CCN. The summed E-state index contributed by atoms with van der Waals surface area (Å²) in [7, 11) is 0. The van der Waals surface area contributed by atoms with Crippen molar-refractivity contribution in [3.63, 3.8) is 0 Å². The van der Waals surface area contributed by atoms with Crippen LogP contribution in [0.2, 0.25) is 0 Å². The molecule has 0 saturated carbocycles. The quantitative estimate of drug-likeness (QED) is 0.442. The van der Waals surface area contributed by atoms with Crippen LogP contribution in [-0.4, -0.2) is 25.8 Å². The summed E-state index contributed by atoms with van der Waals surface area (Å²) in [6.45, 7) is 11.8. The minimum Gasteiger partial charge on any atom is -0.381 e. The van der Waals surface area contributed by atoms with Crippen LogP contribution in [0.5, 0.6) is 0 Å². The normalized spacial score (nSPS) is 17.2. The van der Waals surface area contributed by atoms with Gasteiger partial charge in [0.05, 0.1) is 0 Å². The van der Waals surface area contributed by atoms with E-state index in [-0.39, 0.29) is 6.04 Å². The second-order valence-electron chi connectivity index (χ2n) is 7.48. The highest BCUT2D eigenvalue weighted by molar-refractivity contribution is 4.64. The molecule has 134 valence electrons. The Morgan fingerprint density at radius 3 is 2.18 bits per heavy atom. The van der Waals surface area contributed by atoms with E-state index in [1.807, 2.05) is 0 Å². The van der Waals surface area contributed by atoms with E-state index in [4.69, 9.17) is 16.2 Å². The zero-order chi connectivity index (χ0) is 16.8. The van der Waals surface area contributed by atoms with E-state index < -0.39 is 0 Å². The predicted octanol–water partition coefficient (Wildman–Crippen LogP) is 4.34. The summed E-state index contributed by atoms with van der Waals surface area (Å²) in [6.07, 6.45) is 9.71. The molecule has 0 amide bonds. The monoisotopic (exact) mass is 314 g/mol. The zero-order valence-corrected chi connectivity index (χ0v) is 15.7. The van der Waals surface area contributed by atoms with Crippen LogP contribution in [0.4, 0.5) is 0 Å². The predicted molar refractivity (Wildman–Crippen MR) is 98.0 cm³/mol. The second kappa shape index (κ2) is 14.5. The van der Waals surface area contributed by atoms with E-state index in [0.717, 1.165) is 44.3 Å². The lowest BCUT2D eigenvalue weighted by Gasteiger charge is -2.21. The number of rotatable bonds is 15. The van der Waals surface area contributed by atoms with Crippen molar-refractivity contribution in [1.29, 1.82) is 0 Å². The lowest BCUT2D eigenvalue weighted by Crippen LogP contribution is -2.24. The first-order valence-corrected chi connectivity index (χ1v) is 9.52. The van der Waals surface area contributed by atoms with Crippen LogP contribution in [0.25, 0.3) is 0 Å². The zero-order valence-electron chi connectivity index (χ0n) is 15.7. The molecule has 0 aliphatic heterocycles. The average Bonchev–Trinajstić information content (AvgIpc) is 2.44. The molecule has 4 atom stereocenters. The molecule has 0 bridgehead atoms. The summed E-state index contributed by atoms with van der Waals surface area (Å²) in [5.41, 5.74) is 11.4. The summed E-state index contributed by atoms with van der Waals surface area (Å²) in [6, 6.07) is 0.246. The first-order valence-electron chi connectivity index (χ1n) is 9.52. The fourth-order valence-electron chi connectivity index (χ4n) is 3.30. The third kappa shape index (κ3) is 13.5. The summed E-state index contributed by atoms with van der Waals surface area (Å²) in [5, 5.41) is 0. The van der Waals surface area contributed by atoms with Crippen molar-refractivity contribution in [2.45, 2.75) is 85.1 Å². The molecule has 0 aliphatic carbocycles. The molecule has 0 aromatic carbocycles. The number of unbranched alkanes of at least 4 members (excludes halogenated alkanes) is 1. The molecular formula is C19H42N2O. The first kappa shape index (κ1) is 21.9. The third-order valence-electron chi connectivity index (χ3n) is 4.46. The van der Waals surface area contributed by atoms with Gasteiger partial charge in [0.1, 0.15) is 0 Å². The Labute approximate surface area is 139 Å². The third-order valence-corrected chi connectivity index (χ3v) is 4.46. The van der Waals surface area contributed by atoms with Crippen molar-refractivity contribution in [2.75, 3.05) is 19.8 Å². The maximum Gasteiger partial charge on any atom is 0.0491 e. The molecule has 3 heteroatoms. The van der Waals surface area contributed by atoms with Gasteiger partial charge in [-0.05, 0) is 56.4 Å². The van der Waals surface area contributed by atoms with E-state index in [1.165, 1.54) is 32.1 Å². The maximum absolute atomic E-state index is 5.94. The van der Waals surface area contributed by atoms with Gasteiger partial charge in [0.15, 0.2) is 0 Å². The van der Waals surface area contributed by atoms with Gasteiger partial charge < -0.3 is 16.2 Å². The van der Waals surface area contributed by atoms with Gasteiger partial charge in [-0.15, -0.1) is 0 Å². The Bertz CT molecular complexity index is 235. The molecule has 0 heterocycles. The Hall–Kier alpha value is -0.120. The van der Waals surface area contributed by atoms with Crippen molar-refractivity contribution in [3.8, 4) is 0 Å². The van der Waals surface area contributed by atoms with Gasteiger partial charge in [-0.25, -0.2) is 0 Å². The summed E-state index contributed by atoms with van der Waals surface area (Å²) in [4.78, 5) is 0. The van der Waals surface area contributed by atoms with Crippen LogP contribution in [0.15, 0.2) is 0 Å². The summed E-state index contributed by atoms with van der Waals surface area (Å²) < 4.78 is 5.81. The van der Waals surface area contributed by atoms with E-state index in [2.05, 4.69) is 27.7 Å². The standard InChI is InChI=1S/C19H42N2O/c1-5-6-8-16(2)13-17(3)14-18(4)15-22-12-7-9-19(21)10-11-20/h16-19H,5-15,20-21H2,1-4H3. The molecule has 0 fully saturated rings. The fourth-order valence-corrected chi connectivity index (χ4v) is 3.30. The lowest BCUT2D eigenvalue weighted by atomic mass is 9.88. The number of ether oxygens (including phenoxy) is 1. The molecule has 0 rings (SSSR count). The summed E-state index contributed by atoms with van der Waals surface area (Å²) in [5.74, 6) is 2.33. The Kier molecular flexibility index (Phi) is 14.4. The largest absolute Gasteiger partial charge is 0.381 e. The van der Waals surface area contributed by atoms with Crippen LogP contribution < -0.4 is 11.5 Å². The van der Waals surface area contributed by atoms with Crippen LogP contribution >= 0.6 is 0 Å². The van der Waals surface area contributed by atoms with E-state index >= 15 is 0 Å². The van der Waals surface area contributed by atoms with Gasteiger partial charge >= 0.3 is 0 Å².